The molecule has 0 atom stereocenters. The summed E-state index contributed by atoms with van der Waals surface area (Å²) in [6.07, 6.45) is 4.23. The molecular formula is C26H31N5O2S. The maximum Gasteiger partial charge on any atom is 0.170 e. The van der Waals surface area contributed by atoms with Crippen molar-refractivity contribution < 1.29 is 9.47 Å². The van der Waals surface area contributed by atoms with Crippen molar-refractivity contribution in [2.24, 2.45) is 0 Å². The Kier molecular flexibility index (Phi) is 6.58. The molecule has 0 unspecified atom stereocenters. The largest absolute Gasteiger partial charge is 0.486 e. The lowest BCUT2D eigenvalue weighted by molar-refractivity contribution is 0.171. The van der Waals surface area contributed by atoms with Gasteiger partial charge in [0.05, 0.1) is 5.52 Å². The van der Waals surface area contributed by atoms with E-state index in [0.717, 1.165) is 54.2 Å². The molecule has 7 nitrogen and oxygen atoms in total. The Hall–Kier alpha value is -3.26. The van der Waals surface area contributed by atoms with E-state index in [1.807, 2.05) is 24.3 Å². The SMILES string of the molecule is CN(C)c1cc(NC2CCC(NC(=S)Nc3ccc4c(c3)OCCO4)CC2)nc2ccccc12. The fourth-order valence-corrected chi connectivity index (χ4v) is 4.95. The van der Waals surface area contributed by atoms with E-state index in [9.17, 15) is 0 Å². The van der Waals surface area contributed by atoms with Gasteiger partial charge in [-0.05, 0) is 56.1 Å². The lowest BCUT2D eigenvalue weighted by atomic mass is 9.91. The fourth-order valence-electron chi connectivity index (χ4n) is 4.67. The van der Waals surface area contributed by atoms with Crippen LogP contribution >= 0.6 is 12.2 Å². The van der Waals surface area contributed by atoms with Crippen LogP contribution < -0.4 is 30.3 Å². The number of thiocarbonyl (C=S) groups is 1. The molecule has 1 saturated carbocycles. The third-order valence-electron chi connectivity index (χ3n) is 6.39. The van der Waals surface area contributed by atoms with Gasteiger partial charge in [0, 0.05) is 55.1 Å². The number of rotatable bonds is 5. The number of para-hydroxylation sites is 1. The number of benzene rings is 2. The zero-order chi connectivity index (χ0) is 23.5. The maximum absolute atomic E-state index is 5.66. The first-order valence-corrected chi connectivity index (χ1v) is 12.3. The number of hydrogen-bond acceptors (Lipinski definition) is 6. The first kappa shape index (κ1) is 22.5. The van der Waals surface area contributed by atoms with Crippen molar-refractivity contribution in [1.82, 2.24) is 10.3 Å². The highest BCUT2D eigenvalue weighted by molar-refractivity contribution is 7.80. The van der Waals surface area contributed by atoms with Gasteiger partial charge in [-0.3, -0.25) is 0 Å². The van der Waals surface area contributed by atoms with Gasteiger partial charge in [-0.15, -0.1) is 0 Å². The first-order chi connectivity index (χ1) is 16.5. The van der Waals surface area contributed by atoms with Crippen LogP contribution in [0.4, 0.5) is 17.2 Å². The van der Waals surface area contributed by atoms with Gasteiger partial charge >= 0.3 is 0 Å². The molecule has 2 aromatic carbocycles. The molecule has 2 heterocycles. The molecule has 34 heavy (non-hydrogen) atoms. The number of ether oxygens (including phenoxy) is 2. The van der Waals surface area contributed by atoms with E-state index < -0.39 is 0 Å². The highest BCUT2D eigenvalue weighted by Gasteiger charge is 2.22. The summed E-state index contributed by atoms with van der Waals surface area (Å²) in [7, 11) is 4.15. The molecule has 178 valence electrons. The minimum absolute atomic E-state index is 0.358. The van der Waals surface area contributed by atoms with Crippen LogP contribution in [0.1, 0.15) is 25.7 Å². The highest BCUT2D eigenvalue weighted by atomic mass is 32.1. The molecule has 1 aliphatic carbocycles. The lowest BCUT2D eigenvalue weighted by Gasteiger charge is -2.31. The van der Waals surface area contributed by atoms with Crippen LogP contribution in [0.15, 0.2) is 48.5 Å². The zero-order valence-corrected chi connectivity index (χ0v) is 20.5. The van der Waals surface area contributed by atoms with Crippen molar-refractivity contribution in [1.29, 1.82) is 0 Å². The first-order valence-electron chi connectivity index (χ1n) is 11.9. The van der Waals surface area contributed by atoms with Crippen LogP contribution in [-0.4, -0.2) is 49.5 Å². The average Bonchev–Trinajstić information content (AvgIpc) is 2.84. The minimum atomic E-state index is 0.358. The summed E-state index contributed by atoms with van der Waals surface area (Å²) in [5.74, 6) is 2.47. The van der Waals surface area contributed by atoms with Gasteiger partial charge < -0.3 is 30.3 Å². The molecule has 2 aliphatic rings. The molecular weight excluding hydrogens is 446 g/mol. The van der Waals surface area contributed by atoms with Gasteiger partial charge in [0.2, 0.25) is 0 Å². The van der Waals surface area contributed by atoms with Crippen molar-refractivity contribution in [3.63, 3.8) is 0 Å². The standard InChI is InChI=1S/C26H31N5O2S/c1-31(2)22-16-25(30-21-6-4-3-5-20(21)22)27-17-7-9-18(10-8-17)28-26(34)29-19-11-12-23-24(15-19)33-14-13-32-23/h3-6,11-12,15-18H,7-10,13-14H2,1-2H3,(H,27,30)(H2,28,29,34). The molecule has 8 heteroatoms. The van der Waals surface area contributed by atoms with Crippen LogP contribution in [-0.2, 0) is 0 Å². The Morgan fingerprint density at radius 1 is 0.941 bits per heavy atom. The third kappa shape index (κ3) is 5.12. The highest BCUT2D eigenvalue weighted by Crippen LogP contribution is 2.33. The predicted molar refractivity (Wildman–Crippen MR) is 143 cm³/mol. The normalized spacial score (nSPS) is 19.4. The summed E-state index contributed by atoms with van der Waals surface area (Å²) in [5, 5.41) is 12.2. The maximum atomic E-state index is 5.66. The topological polar surface area (TPSA) is 70.7 Å². The van der Waals surface area contributed by atoms with E-state index in [4.69, 9.17) is 26.7 Å². The van der Waals surface area contributed by atoms with Crippen LogP contribution in [0.5, 0.6) is 11.5 Å². The Labute approximate surface area is 205 Å². The molecule has 1 aliphatic heterocycles. The molecule has 1 fully saturated rings. The number of pyridine rings is 1. The van der Waals surface area contributed by atoms with Crippen LogP contribution in [0, 0.1) is 0 Å². The summed E-state index contributed by atoms with van der Waals surface area (Å²) >= 11 is 5.56. The van der Waals surface area contributed by atoms with Gasteiger partial charge in [-0.25, -0.2) is 4.98 Å². The van der Waals surface area contributed by atoms with Crippen LogP contribution in [0.2, 0.25) is 0 Å². The molecule has 3 N–H and O–H groups in total. The van der Waals surface area contributed by atoms with Gasteiger partial charge in [-0.1, -0.05) is 18.2 Å². The van der Waals surface area contributed by atoms with Crippen molar-refractivity contribution >= 4 is 45.4 Å². The summed E-state index contributed by atoms with van der Waals surface area (Å²) in [5.41, 5.74) is 3.09. The zero-order valence-electron chi connectivity index (χ0n) is 19.6. The van der Waals surface area contributed by atoms with E-state index in [1.165, 1.54) is 11.1 Å². The van der Waals surface area contributed by atoms with E-state index in [2.05, 4.69) is 59.2 Å². The molecule has 0 bridgehead atoms. The molecule has 3 aromatic rings. The van der Waals surface area contributed by atoms with Crippen LogP contribution in [0.3, 0.4) is 0 Å². The smallest absolute Gasteiger partial charge is 0.170 e. The Balaban J connectivity index is 1.14. The average molecular weight is 478 g/mol. The van der Waals surface area contributed by atoms with E-state index in [-0.39, 0.29) is 0 Å². The molecule has 5 rings (SSSR count). The number of fused-ring (bicyclic) bond motifs is 2. The van der Waals surface area contributed by atoms with Gasteiger partial charge in [0.1, 0.15) is 19.0 Å². The number of hydrogen-bond donors (Lipinski definition) is 3. The molecule has 1 aromatic heterocycles. The second-order valence-corrected chi connectivity index (χ2v) is 9.50. The third-order valence-corrected chi connectivity index (χ3v) is 6.61. The number of nitrogens with one attached hydrogen (secondary N) is 3. The number of nitrogens with zero attached hydrogens (tertiary/aromatic N) is 2. The van der Waals surface area contributed by atoms with Crippen LogP contribution in [0.25, 0.3) is 10.9 Å². The molecule has 0 saturated heterocycles. The second-order valence-electron chi connectivity index (χ2n) is 9.09. The number of aromatic nitrogens is 1. The predicted octanol–water partition coefficient (Wildman–Crippen LogP) is 4.78. The molecule has 0 amide bonds. The Morgan fingerprint density at radius 3 is 2.47 bits per heavy atom. The summed E-state index contributed by atoms with van der Waals surface area (Å²) < 4.78 is 11.2. The Morgan fingerprint density at radius 2 is 1.68 bits per heavy atom. The quantitative estimate of drug-likeness (QED) is 0.454. The molecule has 0 spiro atoms. The summed E-state index contributed by atoms with van der Waals surface area (Å²) in [4.78, 5) is 7.00. The van der Waals surface area contributed by atoms with E-state index in [0.29, 0.717) is 30.4 Å². The van der Waals surface area contributed by atoms with Crippen molar-refractivity contribution in [2.45, 2.75) is 37.8 Å². The van der Waals surface area contributed by atoms with Gasteiger partial charge in [0.15, 0.2) is 16.6 Å². The van der Waals surface area contributed by atoms with E-state index >= 15 is 0 Å². The minimum Gasteiger partial charge on any atom is -0.486 e. The van der Waals surface area contributed by atoms with Gasteiger partial charge in [-0.2, -0.15) is 0 Å². The van der Waals surface area contributed by atoms with E-state index in [1.54, 1.807) is 0 Å². The van der Waals surface area contributed by atoms with Crippen molar-refractivity contribution in [3.05, 3.63) is 48.5 Å². The lowest BCUT2D eigenvalue weighted by Crippen LogP contribution is -2.42. The monoisotopic (exact) mass is 477 g/mol. The number of anilines is 3. The van der Waals surface area contributed by atoms with Crippen molar-refractivity contribution in [3.8, 4) is 11.5 Å². The van der Waals surface area contributed by atoms with Gasteiger partial charge in [0.25, 0.3) is 0 Å². The Bertz CT molecular complexity index is 1180. The van der Waals surface area contributed by atoms with Crippen molar-refractivity contribution in [2.75, 3.05) is 42.8 Å². The summed E-state index contributed by atoms with van der Waals surface area (Å²) in [6.45, 7) is 1.16. The fraction of sp³-hybridized carbons (Fsp3) is 0.385. The molecule has 0 radical (unpaired) electrons. The summed E-state index contributed by atoms with van der Waals surface area (Å²) in [6, 6.07) is 17.0. The second kappa shape index (κ2) is 9.93.